The smallest absolute Gasteiger partial charge is 0.277 e. The predicted molar refractivity (Wildman–Crippen MR) is 111 cm³/mol. The van der Waals surface area contributed by atoms with Gasteiger partial charge in [-0.05, 0) is 31.6 Å². The van der Waals surface area contributed by atoms with Crippen LogP contribution < -0.4 is 10.4 Å². The molecular weight excluding hydrogens is 368 g/mol. The first kappa shape index (κ1) is 19.6. The largest absolute Gasteiger partial charge is 0.354 e. The average molecular weight is 396 g/mol. The number of anilines is 1. The van der Waals surface area contributed by atoms with E-state index < -0.39 is 5.91 Å². The molecule has 2 unspecified atom stereocenters. The van der Waals surface area contributed by atoms with Crippen molar-refractivity contribution in [2.24, 2.45) is 10.9 Å². The highest BCUT2D eigenvalue weighted by Gasteiger charge is 2.31. The van der Waals surface area contributed by atoms with Crippen LogP contribution in [-0.4, -0.2) is 64.0 Å². The third-order valence-corrected chi connectivity index (χ3v) is 6.14. The number of amidine groups is 1. The molecule has 1 amide bonds. The van der Waals surface area contributed by atoms with Gasteiger partial charge in [0.25, 0.3) is 5.91 Å². The third kappa shape index (κ3) is 4.32. The number of aliphatic imine (C=N–C) groups is 1. The van der Waals surface area contributed by atoms with Crippen LogP contribution in [0.1, 0.15) is 42.5 Å². The second kappa shape index (κ2) is 8.73. The first-order valence-corrected chi connectivity index (χ1v) is 10.3. The molecule has 0 aromatic carbocycles. The Bertz CT molecular complexity index is 811. The summed E-state index contributed by atoms with van der Waals surface area (Å²) in [5.41, 5.74) is 1.84. The SMILES string of the molecule is CN1C(CCCC2CCN(c3ncc(C(=O)NO)cn3)CC2)=NC2C=CC=CC21. The molecule has 1 saturated heterocycles. The van der Waals surface area contributed by atoms with Gasteiger partial charge in [-0.1, -0.05) is 24.3 Å². The topological polar surface area (TPSA) is 94.0 Å². The van der Waals surface area contributed by atoms with Gasteiger partial charge < -0.3 is 9.80 Å². The molecule has 0 spiro atoms. The normalized spacial score (nSPS) is 23.9. The molecule has 29 heavy (non-hydrogen) atoms. The van der Waals surface area contributed by atoms with Crippen LogP contribution in [-0.2, 0) is 0 Å². The lowest BCUT2D eigenvalue weighted by Crippen LogP contribution is -2.36. The second-order valence-electron chi connectivity index (χ2n) is 7.94. The minimum Gasteiger partial charge on any atom is -0.354 e. The molecule has 1 fully saturated rings. The molecule has 1 aromatic rings. The molecule has 4 rings (SSSR count). The molecule has 0 bridgehead atoms. The minimum atomic E-state index is -0.598. The Morgan fingerprint density at radius 3 is 2.62 bits per heavy atom. The molecular formula is C21H28N6O2. The lowest BCUT2D eigenvalue weighted by molar-refractivity contribution is 0.0705. The summed E-state index contributed by atoms with van der Waals surface area (Å²) in [4.78, 5) is 29.3. The molecule has 2 N–H and O–H groups in total. The van der Waals surface area contributed by atoms with Gasteiger partial charge in [0.2, 0.25) is 5.95 Å². The molecule has 1 aliphatic carbocycles. The summed E-state index contributed by atoms with van der Waals surface area (Å²) in [7, 11) is 2.15. The van der Waals surface area contributed by atoms with Crippen molar-refractivity contribution in [3.05, 3.63) is 42.3 Å². The van der Waals surface area contributed by atoms with E-state index in [-0.39, 0.29) is 11.6 Å². The summed E-state index contributed by atoms with van der Waals surface area (Å²) in [5, 5.41) is 8.66. The number of aromatic nitrogens is 2. The highest BCUT2D eigenvalue weighted by atomic mass is 16.5. The number of carbonyl (C=O) groups excluding carboxylic acids is 1. The minimum absolute atomic E-state index is 0.247. The summed E-state index contributed by atoms with van der Waals surface area (Å²) in [5.74, 6) is 2.00. The lowest BCUT2D eigenvalue weighted by Gasteiger charge is -2.32. The van der Waals surface area contributed by atoms with E-state index >= 15 is 0 Å². The molecule has 3 heterocycles. The van der Waals surface area contributed by atoms with Crippen LogP contribution in [0.2, 0.25) is 0 Å². The maximum absolute atomic E-state index is 11.4. The molecule has 154 valence electrons. The summed E-state index contributed by atoms with van der Waals surface area (Å²) in [6.07, 6.45) is 17.2. The maximum Gasteiger partial charge on any atom is 0.277 e. The van der Waals surface area contributed by atoms with Gasteiger partial charge in [0, 0.05) is 39.0 Å². The van der Waals surface area contributed by atoms with Gasteiger partial charge in [-0.15, -0.1) is 0 Å². The molecule has 0 saturated carbocycles. The van der Waals surface area contributed by atoms with Crippen molar-refractivity contribution < 1.29 is 10.0 Å². The molecule has 1 aromatic heterocycles. The zero-order chi connectivity index (χ0) is 20.2. The van der Waals surface area contributed by atoms with Crippen molar-refractivity contribution in [3.63, 3.8) is 0 Å². The summed E-state index contributed by atoms with van der Waals surface area (Å²) < 4.78 is 0. The van der Waals surface area contributed by atoms with Crippen LogP contribution in [0, 0.1) is 5.92 Å². The molecule has 2 atom stereocenters. The third-order valence-electron chi connectivity index (χ3n) is 6.14. The Balaban J connectivity index is 1.21. The molecule has 8 nitrogen and oxygen atoms in total. The van der Waals surface area contributed by atoms with Crippen molar-refractivity contribution >= 4 is 17.7 Å². The van der Waals surface area contributed by atoms with Gasteiger partial charge in [-0.25, -0.2) is 15.4 Å². The number of piperidine rings is 1. The fourth-order valence-corrected chi connectivity index (χ4v) is 4.37. The standard InChI is InChI=1S/C21H28N6O2/c1-26-18-7-3-2-6-17(18)24-19(26)8-4-5-15-9-11-27(12-10-15)21-22-13-16(14-23-21)20(28)25-29/h2-3,6-7,13-15,17-18,29H,4-5,8-12H2,1H3,(H,25,28). The number of hydrogen-bond donors (Lipinski definition) is 2. The number of nitrogens with one attached hydrogen (secondary N) is 1. The quantitative estimate of drug-likeness (QED) is 0.565. The number of rotatable bonds is 6. The summed E-state index contributed by atoms with van der Waals surface area (Å²) in [6, 6.07) is 0.686. The fraction of sp³-hybridized carbons (Fsp3) is 0.524. The number of likely N-dealkylation sites (N-methyl/N-ethyl adjacent to an activating group) is 1. The Hall–Kier alpha value is -2.74. The van der Waals surface area contributed by atoms with Crippen LogP contribution in [0.3, 0.4) is 0 Å². The van der Waals surface area contributed by atoms with Gasteiger partial charge >= 0.3 is 0 Å². The van der Waals surface area contributed by atoms with E-state index in [1.165, 1.54) is 31.1 Å². The van der Waals surface area contributed by atoms with Gasteiger partial charge in [0.05, 0.1) is 17.6 Å². The van der Waals surface area contributed by atoms with E-state index in [1.807, 2.05) is 0 Å². The molecule has 2 aliphatic heterocycles. The van der Waals surface area contributed by atoms with E-state index in [0.717, 1.165) is 38.3 Å². The summed E-state index contributed by atoms with van der Waals surface area (Å²) >= 11 is 0. The first-order chi connectivity index (χ1) is 14.2. The molecule has 0 radical (unpaired) electrons. The van der Waals surface area contributed by atoms with Crippen LogP contribution >= 0.6 is 0 Å². The van der Waals surface area contributed by atoms with Crippen molar-refractivity contribution in [1.29, 1.82) is 0 Å². The van der Waals surface area contributed by atoms with E-state index in [4.69, 9.17) is 10.2 Å². The predicted octanol–water partition coefficient (Wildman–Crippen LogP) is 2.19. The number of carbonyl (C=O) groups is 1. The Morgan fingerprint density at radius 1 is 1.21 bits per heavy atom. The highest BCUT2D eigenvalue weighted by Crippen LogP contribution is 2.27. The van der Waals surface area contributed by atoms with E-state index in [1.54, 1.807) is 5.48 Å². The Morgan fingerprint density at radius 2 is 1.93 bits per heavy atom. The monoisotopic (exact) mass is 396 g/mol. The fourth-order valence-electron chi connectivity index (χ4n) is 4.37. The van der Waals surface area contributed by atoms with E-state index in [0.29, 0.717) is 12.0 Å². The Kier molecular flexibility index (Phi) is 5.89. The van der Waals surface area contributed by atoms with Crippen molar-refractivity contribution in [2.75, 3.05) is 25.0 Å². The van der Waals surface area contributed by atoms with Gasteiger partial charge in [-0.2, -0.15) is 0 Å². The number of allylic oxidation sites excluding steroid dienone is 2. The van der Waals surface area contributed by atoms with Crippen molar-refractivity contribution in [3.8, 4) is 0 Å². The number of hydrogen-bond acceptors (Lipinski definition) is 7. The van der Waals surface area contributed by atoms with Crippen LogP contribution in [0.5, 0.6) is 0 Å². The van der Waals surface area contributed by atoms with E-state index in [9.17, 15) is 4.79 Å². The average Bonchev–Trinajstić information content (AvgIpc) is 3.09. The lowest BCUT2D eigenvalue weighted by atomic mass is 9.91. The summed E-state index contributed by atoms with van der Waals surface area (Å²) in [6.45, 7) is 1.85. The molecule has 8 heteroatoms. The van der Waals surface area contributed by atoms with Gasteiger partial charge in [0.1, 0.15) is 5.84 Å². The molecule has 3 aliphatic rings. The highest BCUT2D eigenvalue weighted by molar-refractivity contribution is 5.92. The number of fused-ring (bicyclic) bond motifs is 1. The van der Waals surface area contributed by atoms with Crippen LogP contribution in [0.25, 0.3) is 0 Å². The zero-order valence-corrected chi connectivity index (χ0v) is 16.7. The first-order valence-electron chi connectivity index (χ1n) is 10.3. The number of nitrogens with zero attached hydrogens (tertiary/aromatic N) is 5. The van der Waals surface area contributed by atoms with Crippen molar-refractivity contribution in [2.45, 2.75) is 44.2 Å². The number of hydroxylamine groups is 1. The Labute approximate surface area is 171 Å². The van der Waals surface area contributed by atoms with Crippen molar-refractivity contribution in [1.82, 2.24) is 20.3 Å². The van der Waals surface area contributed by atoms with Crippen LogP contribution in [0.15, 0.2) is 41.7 Å². The van der Waals surface area contributed by atoms with Gasteiger partial charge in [0.15, 0.2) is 0 Å². The zero-order valence-electron chi connectivity index (χ0n) is 16.7. The van der Waals surface area contributed by atoms with E-state index in [2.05, 4.69) is 51.1 Å². The second-order valence-corrected chi connectivity index (χ2v) is 7.94. The van der Waals surface area contributed by atoms with Crippen LogP contribution in [0.4, 0.5) is 5.95 Å². The number of amides is 1. The van der Waals surface area contributed by atoms with Gasteiger partial charge in [-0.3, -0.25) is 15.0 Å². The maximum atomic E-state index is 11.4.